The van der Waals surface area contributed by atoms with Crippen molar-refractivity contribution in [1.82, 2.24) is 14.5 Å². The van der Waals surface area contributed by atoms with Crippen LogP contribution in [0.3, 0.4) is 0 Å². The van der Waals surface area contributed by atoms with E-state index in [4.69, 9.17) is 14.2 Å². The highest BCUT2D eigenvalue weighted by Gasteiger charge is 2.27. The topological polar surface area (TPSA) is 67.6 Å². The van der Waals surface area contributed by atoms with E-state index in [1.54, 1.807) is 31.8 Å². The van der Waals surface area contributed by atoms with Gasteiger partial charge in [0.25, 0.3) is 0 Å². The fraction of sp³-hybridized carbons (Fsp3) is 0.217. The highest BCUT2D eigenvalue weighted by molar-refractivity contribution is 9.10. The molecular weight excluding hydrogens is 536 g/mol. The number of pyridine rings is 1. The molecule has 4 aromatic rings. The van der Waals surface area contributed by atoms with E-state index in [0.717, 1.165) is 26.8 Å². The minimum absolute atomic E-state index is 0. The van der Waals surface area contributed by atoms with E-state index < -0.39 is 12.7 Å². The van der Waals surface area contributed by atoms with Gasteiger partial charge in [0.1, 0.15) is 17.9 Å². The Kier molecular flexibility index (Phi) is 7.08. The first-order valence-corrected chi connectivity index (χ1v) is 10.8. The number of ether oxygens (including phenoxy) is 4. The lowest BCUT2D eigenvalue weighted by Gasteiger charge is -2.28. The summed E-state index contributed by atoms with van der Waals surface area (Å²) < 4.78 is 49.7. The minimum atomic E-state index is -2.87. The van der Waals surface area contributed by atoms with Gasteiger partial charge in [-0.05, 0) is 57.4 Å². The van der Waals surface area contributed by atoms with Gasteiger partial charge in [-0.2, -0.15) is 8.78 Å². The number of nitrogens with zero attached hydrogens (tertiary/aromatic N) is 3. The Balaban J connectivity index is 0.00000274. The molecule has 1 atom stereocenters. The normalized spacial score (nSPS) is 14.7. The molecule has 11 heteroatoms. The number of rotatable bonds is 6. The lowest BCUT2D eigenvalue weighted by atomic mass is 10.1. The molecule has 3 heterocycles. The van der Waals surface area contributed by atoms with Crippen LogP contribution in [0.4, 0.5) is 8.78 Å². The summed E-state index contributed by atoms with van der Waals surface area (Å²) in [6, 6.07) is 12.0. The Hall–Kier alpha value is -3.11. The SMILES string of the molecule is COc1cc(Cn2cnc3cc(Br)cnc32)cc2c1OC(c1ccc(OC(F)F)cc1)CO2.Cl. The molecule has 1 aliphatic heterocycles. The summed E-state index contributed by atoms with van der Waals surface area (Å²) in [4.78, 5) is 8.85. The summed E-state index contributed by atoms with van der Waals surface area (Å²) in [5.41, 5.74) is 3.27. The quantitative estimate of drug-likeness (QED) is 0.301. The summed E-state index contributed by atoms with van der Waals surface area (Å²) in [6.45, 7) is -2.08. The van der Waals surface area contributed by atoms with E-state index in [1.807, 2.05) is 22.8 Å². The van der Waals surface area contributed by atoms with E-state index in [2.05, 4.69) is 30.6 Å². The molecule has 0 amide bonds. The number of methoxy groups -OCH3 is 1. The van der Waals surface area contributed by atoms with E-state index in [9.17, 15) is 8.78 Å². The predicted octanol–water partition coefficient (Wildman–Crippen LogP) is 5.79. The van der Waals surface area contributed by atoms with Crippen molar-refractivity contribution in [3.8, 4) is 23.0 Å². The smallest absolute Gasteiger partial charge is 0.387 e. The van der Waals surface area contributed by atoms with Gasteiger partial charge in [-0.25, -0.2) is 9.97 Å². The van der Waals surface area contributed by atoms with Crippen molar-refractivity contribution in [3.63, 3.8) is 0 Å². The lowest BCUT2D eigenvalue weighted by Crippen LogP contribution is -2.22. The first-order chi connectivity index (χ1) is 16.0. The lowest BCUT2D eigenvalue weighted by molar-refractivity contribution is -0.0498. The molecule has 0 saturated heterocycles. The molecule has 5 rings (SSSR count). The second-order valence-corrected chi connectivity index (χ2v) is 8.27. The van der Waals surface area contributed by atoms with Gasteiger partial charge >= 0.3 is 6.61 Å². The van der Waals surface area contributed by atoms with Gasteiger partial charge in [0.15, 0.2) is 23.3 Å². The summed E-state index contributed by atoms with van der Waals surface area (Å²) >= 11 is 3.41. The van der Waals surface area contributed by atoms with Crippen LogP contribution < -0.4 is 18.9 Å². The molecule has 0 bridgehead atoms. The van der Waals surface area contributed by atoms with Gasteiger partial charge < -0.3 is 23.5 Å². The number of fused-ring (bicyclic) bond motifs is 2. The molecule has 0 fully saturated rings. The Bertz CT molecular complexity index is 1290. The minimum Gasteiger partial charge on any atom is -0.493 e. The number of hydrogen-bond acceptors (Lipinski definition) is 6. The second-order valence-electron chi connectivity index (χ2n) is 7.36. The van der Waals surface area contributed by atoms with Crippen LogP contribution in [-0.4, -0.2) is 34.9 Å². The first-order valence-electron chi connectivity index (χ1n) is 10.0. The number of aromatic nitrogens is 3. The molecule has 1 unspecified atom stereocenters. The van der Waals surface area contributed by atoms with Gasteiger partial charge in [-0.3, -0.25) is 0 Å². The third-order valence-electron chi connectivity index (χ3n) is 5.20. The fourth-order valence-corrected chi connectivity index (χ4v) is 4.02. The van der Waals surface area contributed by atoms with Crippen molar-refractivity contribution >= 4 is 39.5 Å². The highest BCUT2D eigenvalue weighted by atomic mass is 79.9. The molecule has 0 saturated carbocycles. The molecule has 2 aromatic heterocycles. The maximum atomic E-state index is 12.4. The third kappa shape index (κ3) is 4.88. The van der Waals surface area contributed by atoms with Crippen LogP contribution in [0.2, 0.25) is 0 Å². The van der Waals surface area contributed by atoms with Crippen LogP contribution in [0, 0.1) is 0 Å². The largest absolute Gasteiger partial charge is 0.493 e. The second kappa shape index (κ2) is 10.0. The molecule has 0 aliphatic carbocycles. The standard InChI is InChI=1S/C23H18BrF2N3O4.ClH/c1-30-18-6-13(10-29-12-28-17-8-15(24)9-27-22(17)29)7-19-21(18)33-20(11-31-19)14-2-4-16(5-3-14)32-23(25)26;/h2-9,12,20,23H,10-11H2,1H3;1H. The third-order valence-corrected chi connectivity index (χ3v) is 5.64. The van der Waals surface area contributed by atoms with Gasteiger partial charge in [-0.1, -0.05) is 12.1 Å². The molecule has 1 aliphatic rings. The first kappa shape index (κ1) is 24.0. The Morgan fingerprint density at radius 3 is 2.71 bits per heavy atom. The van der Waals surface area contributed by atoms with Crippen molar-refractivity contribution in [2.24, 2.45) is 0 Å². The Morgan fingerprint density at radius 2 is 1.97 bits per heavy atom. The average molecular weight is 555 g/mol. The molecule has 7 nitrogen and oxygen atoms in total. The van der Waals surface area contributed by atoms with Gasteiger partial charge in [-0.15, -0.1) is 12.4 Å². The van der Waals surface area contributed by atoms with Crippen LogP contribution in [0.15, 0.2) is 59.5 Å². The maximum Gasteiger partial charge on any atom is 0.387 e. The molecule has 0 N–H and O–H groups in total. The van der Waals surface area contributed by atoms with E-state index in [1.165, 1.54) is 12.1 Å². The molecule has 34 heavy (non-hydrogen) atoms. The van der Waals surface area contributed by atoms with Crippen LogP contribution >= 0.6 is 28.3 Å². The summed E-state index contributed by atoms with van der Waals surface area (Å²) in [5.74, 6) is 1.67. The van der Waals surface area contributed by atoms with Crippen LogP contribution in [0.25, 0.3) is 11.2 Å². The Labute approximate surface area is 208 Å². The van der Waals surface area contributed by atoms with Crippen molar-refractivity contribution < 1.29 is 27.7 Å². The van der Waals surface area contributed by atoms with E-state index in [0.29, 0.717) is 23.8 Å². The van der Waals surface area contributed by atoms with Crippen molar-refractivity contribution in [3.05, 3.63) is 70.6 Å². The van der Waals surface area contributed by atoms with Crippen molar-refractivity contribution in [1.29, 1.82) is 0 Å². The van der Waals surface area contributed by atoms with Crippen LogP contribution in [0.5, 0.6) is 23.0 Å². The highest BCUT2D eigenvalue weighted by Crippen LogP contribution is 2.44. The maximum absolute atomic E-state index is 12.4. The number of hydrogen-bond donors (Lipinski definition) is 0. The molecule has 0 radical (unpaired) electrons. The zero-order valence-electron chi connectivity index (χ0n) is 17.8. The molecule has 178 valence electrons. The monoisotopic (exact) mass is 553 g/mol. The van der Waals surface area contributed by atoms with Crippen molar-refractivity contribution in [2.75, 3.05) is 13.7 Å². The number of imidazole rings is 1. The molecule has 0 spiro atoms. The average Bonchev–Trinajstić information content (AvgIpc) is 3.20. The summed E-state index contributed by atoms with van der Waals surface area (Å²) in [5, 5.41) is 0. The number of benzene rings is 2. The Morgan fingerprint density at radius 1 is 1.18 bits per heavy atom. The number of halogens is 4. The van der Waals surface area contributed by atoms with Crippen molar-refractivity contribution in [2.45, 2.75) is 19.3 Å². The summed E-state index contributed by atoms with van der Waals surface area (Å²) in [7, 11) is 1.56. The number of alkyl halides is 2. The van der Waals surface area contributed by atoms with Gasteiger partial charge in [0, 0.05) is 10.7 Å². The van der Waals surface area contributed by atoms with Crippen LogP contribution in [0.1, 0.15) is 17.2 Å². The summed E-state index contributed by atoms with van der Waals surface area (Å²) in [6.07, 6.45) is 3.06. The zero-order chi connectivity index (χ0) is 22.9. The van der Waals surface area contributed by atoms with E-state index in [-0.39, 0.29) is 24.8 Å². The van der Waals surface area contributed by atoms with E-state index >= 15 is 0 Å². The van der Waals surface area contributed by atoms with Gasteiger partial charge in [0.05, 0.1) is 20.0 Å². The predicted molar refractivity (Wildman–Crippen MR) is 127 cm³/mol. The van der Waals surface area contributed by atoms with Gasteiger partial charge in [0.2, 0.25) is 5.75 Å². The fourth-order valence-electron chi connectivity index (χ4n) is 3.70. The van der Waals surface area contributed by atoms with Crippen LogP contribution in [-0.2, 0) is 6.54 Å². The molecular formula is C23H19BrClF2N3O4. The zero-order valence-corrected chi connectivity index (χ0v) is 20.2. The molecule has 2 aromatic carbocycles.